The summed E-state index contributed by atoms with van der Waals surface area (Å²) in [6, 6.07) is 3.42. The van der Waals surface area contributed by atoms with Crippen LogP contribution in [0.25, 0.3) is 0 Å². The number of hydrogen-bond donors (Lipinski definition) is 0. The molecule has 1 aliphatic carbocycles. The third kappa shape index (κ3) is 3.58. The first kappa shape index (κ1) is 14.1. The van der Waals surface area contributed by atoms with E-state index in [0.29, 0.717) is 6.04 Å². The van der Waals surface area contributed by atoms with Crippen molar-refractivity contribution in [3.05, 3.63) is 18.0 Å². The summed E-state index contributed by atoms with van der Waals surface area (Å²) in [5, 5.41) is 5.76. The zero-order chi connectivity index (χ0) is 13.0. The lowest BCUT2D eigenvalue weighted by Gasteiger charge is -2.37. The van der Waals surface area contributed by atoms with E-state index < -0.39 is 0 Å². The summed E-state index contributed by atoms with van der Waals surface area (Å²) < 4.78 is 2.05. The Morgan fingerprint density at radius 2 is 2.28 bits per heavy atom. The minimum Gasteiger partial charge on any atom is -0.294 e. The van der Waals surface area contributed by atoms with E-state index in [9.17, 15) is 0 Å². The van der Waals surface area contributed by atoms with Gasteiger partial charge in [-0.15, -0.1) is 0 Å². The van der Waals surface area contributed by atoms with Crippen molar-refractivity contribution in [3.63, 3.8) is 0 Å². The third-order valence-electron chi connectivity index (χ3n) is 3.73. The molecule has 0 aliphatic heterocycles. The van der Waals surface area contributed by atoms with E-state index in [1.165, 1.54) is 37.9 Å². The second-order valence-electron chi connectivity index (χ2n) is 5.48. The lowest BCUT2D eigenvalue weighted by atomic mass is 9.91. The summed E-state index contributed by atoms with van der Waals surface area (Å²) >= 11 is 3.53. The Labute approximate surface area is 119 Å². The van der Waals surface area contributed by atoms with Crippen LogP contribution in [-0.2, 0) is 6.54 Å². The predicted octanol–water partition coefficient (Wildman–Crippen LogP) is 3.60. The third-order valence-corrected chi connectivity index (χ3v) is 4.29. The Hall–Kier alpha value is -0.350. The quantitative estimate of drug-likeness (QED) is 0.717. The van der Waals surface area contributed by atoms with Crippen molar-refractivity contribution in [3.8, 4) is 0 Å². The van der Waals surface area contributed by atoms with Crippen LogP contribution in [0.5, 0.6) is 0 Å². The lowest BCUT2D eigenvalue weighted by Crippen LogP contribution is -2.40. The molecule has 102 valence electrons. The molecule has 1 saturated carbocycles. The van der Waals surface area contributed by atoms with Gasteiger partial charge in [0.05, 0.1) is 5.69 Å². The molecule has 4 heteroatoms. The fourth-order valence-corrected chi connectivity index (χ4v) is 2.61. The summed E-state index contributed by atoms with van der Waals surface area (Å²) in [4.78, 5) is 2.61. The molecule has 0 N–H and O–H groups in total. The number of alkyl halides is 1. The standard InChI is InChI=1S/C14H24BrN3/c1-12(2)18-10-7-13(16-18)11-17(9-4-8-15)14-5-3-6-14/h7,10,12,14H,3-6,8-9,11H2,1-2H3. The molecule has 0 aromatic carbocycles. The van der Waals surface area contributed by atoms with Gasteiger partial charge in [0.25, 0.3) is 0 Å². The molecule has 3 nitrogen and oxygen atoms in total. The molecule has 1 aromatic rings. The summed E-state index contributed by atoms with van der Waals surface area (Å²) in [6.45, 7) is 6.54. The molecule has 0 unspecified atom stereocenters. The van der Waals surface area contributed by atoms with Gasteiger partial charge >= 0.3 is 0 Å². The minimum absolute atomic E-state index is 0.457. The van der Waals surface area contributed by atoms with Crippen molar-refractivity contribution >= 4 is 15.9 Å². The van der Waals surface area contributed by atoms with Crippen molar-refractivity contribution < 1.29 is 0 Å². The van der Waals surface area contributed by atoms with E-state index in [-0.39, 0.29) is 0 Å². The number of halogens is 1. The van der Waals surface area contributed by atoms with E-state index >= 15 is 0 Å². The van der Waals surface area contributed by atoms with Gasteiger partial charge in [0.1, 0.15) is 0 Å². The fourth-order valence-electron chi connectivity index (χ4n) is 2.36. The van der Waals surface area contributed by atoms with Gasteiger partial charge in [0.2, 0.25) is 0 Å². The molecular formula is C14H24BrN3. The largest absolute Gasteiger partial charge is 0.294 e. The van der Waals surface area contributed by atoms with Crippen LogP contribution in [0.15, 0.2) is 12.3 Å². The molecule has 2 rings (SSSR count). The van der Waals surface area contributed by atoms with Crippen LogP contribution in [0.4, 0.5) is 0 Å². The molecule has 1 aliphatic rings. The van der Waals surface area contributed by atoms with Gasteiger partial charge in [-0.1, -0.05) is 22.4 Å². The fraction of sp³-hybridized carbons (Fsp3) is 0.786. The summed E-state index contributed by atoms with van der Waals surface area (Å²) in [5.41, 5.74) is 1.21. The maximum atomic E-state index is 4.66. The van der Waals surface area contributed by atoms with E-state index in [1.54, 1.807) is 0 Å². The lowest BCUT2D eigenvalue weighted by molar-refractivity contribution is 0.118. The highest BCUT2D eigenvalue weighted by molar-refractivity contribution is 9.09. The molecule has 0 radical (unpaired) electrons. The maximum absolute atomic E-state index is 4.66. The number of nitrogens with zero attached hydrogens (tertiary/aromatic N) is 3. The maximum Gasteiger partial charge on any atom is 0.0764 e. The molecule has 18 heavy (non-hydrogen) atoms. The minimum atomic E-state index is 0.457. The predicted molar refractivity (Wildman–Crippen MR) is 79.1 cm³/mol. The van der Waals surface area contributed by atoms with E-state index in [0.717, 1.165) is 17.9 Å². The molecule has 0 spiro atoms. The first-order valence-corrected chi connectivity index (χ1v) is 8.17. The molecular weight excluding hydrogens is 290 g/mol. The highest BCUT2D eigenvalue weighted by Crippen LogP contribution is 2.26. The van der Waals surface area contributed by atoms with E-state index in [4.69, 9.17) is 0 Å². The molecule has 1 fully saturated rings. The average molecular weight is 314 g/mol. The van der Waals surface area contributed by atoms with Crippen LogP contribution in [0.3, 0.4) is 0 Å². The van der Waals surface area contributed by atoms with Gasteiger partial charge in [-0.3, -0.25) is 9.58 Å². The van der Waals surface area contributed by atoms with E-state index in [2.05, 4.69) is 56.7 Å². The highest BCUT2D eigenvalue weighted by Gasteiger charge is 2.25. The average Bonchev–Trinajstić information content (AvgIpc) is 2.72. The van der Waals surface area contributed by atoms with Crippen molar-refractivity contribution in [2.75, 3.05) is 11.9 Å². The van der Waals surface area contributed by atoms with Crippen molar-refractivity contribution in [1.29, 1.82) is 0 Å². The Morgan fingerprint density at radius 1 is 1.50 bits per heavy atom. The van der Waals surface area contributed by atoms with Crippen molar-refractivity contribution in [2.24, 2.45) is 0 Å². The van der Waals surface area contributed by atoms with Crippen LogP contribution in [-0.4, -0.2) is 32.6 Å². The van der Waals surface area contributed by atoms with Gasteiger partial charge < -0.3 is 0 Å². The van der Waals surface area contributed by atoms with Gasteiger partial charge in [-0.25, -0.2) is 0 Å². The highest BCUT2D eigenvalue weighted by atomic mass is 79.9. The van der Waals surface area contributed by atoms with Crippen LogP contribution in [0.2, 0.25) is 0 Å². The molecule has 0 saturated heterocycles. The van der Waals surface area contributed by atoms with Crippen molar-refractivity contribution in [2.45, 2.75) is 58.2 Å². The molecule has 0 amide bonds. The zero-order valence-electron chi connectivity index (χ0n) is 11.5. The Balaban J connectivity index is 1.93. The topological polar surface area (TPSA) is 21.1 Å². The Bertz CT molecular complexity index is 358. The van der Waals surface area contributed by atoms with E-state index in [1.807, 2.05) is 0 Å². The Morgan fingerprint density at radius 3 is 2.78 bits per heavy atom. The Kier molecular flexibility index (Phi) is 5.25. The van der Waals surface area contributed by atoms with Crippen LogP contribution < -0.4 is 0 Å². The van der Waals surface area contributed by atoms with Crippen LogP contribution in [0.1, 0.15) is 51.3 Å². The molecule has 0 bridgehead atoms. The molecule has 1 aromatic heterocycles. The molecule has 1 heterocycles. The first-order chi connectivity index (χ1) is 8.70. The second-order valence-corrected chi connectivity index (χ2v) is 6.27. The summed E-state index contributed by atoms with van der Waals surface area (Å²) in [5.74, 6) is 0. The first-order valence-electron chi connectivity index (χ1n) is 7.04. The summed E-state index contributed by atoms with van der Waals surface area (Å²) in [7, 11) is 0. The van der Waals surface area contributed by atoms with Gasteiger partial charge in [0.15, 0.2) is 0 Å². The normalized spacial score (nSPS) is 16.5. The van der Waals surface area contributed by atoms with Gasteiger partial charge in [-0.05, 0) is 45.7 Å². The SMILES string of the molecule is CC(C)n1ccc(CN(CCCBr)C2CCC2)n1. The van der Waals surface area contributed by atoms with Gasteiger partial charge in [0, 0.05) is 30.2 Å². The van der Waals surface area contributed by atoms with Crippen molar-refractivity contribution in [1.82, 2.24) is 14.7 Å². The molecule has 0 atom stereocenters. The second kappa shape index (κ2) is 6.71. The number of aromatic nitrogens is 2. The monoisotopic (exact) mass is 313 g/mol. The zero-order valence-corrected chi connectivity index (χ0v) is 13.1. The smallest absolute Gasteiger partial charge is 0.0764 e. The number of hydrogen-bond acceptors (Lipinski definition) is 2. The van der Waals surface area contributed by atoms with Gasteiger partial charge in [-0.2, -0.15) is 5.10 Å². The number of rotatable bonds is 7. The van der Waals surface area contributed by atoms with Crippen LogP contribution >= 0.6 is 15.9 Å². The summed E-state index contributed by atoms with van der Waals surface area (Å²) in [6.07, 6.45) is 7.46. The van der Waals surface area contributed by atoms with Crippen LogP contribution in [0, 0.1) is 0 Å².